The van der Waals surface area contributed by atoms with Gasteiger partial charge in [0.1, 0.15) is 0 Å². The Morgan fingerprint density at radius 2 is 2.18 bits per heavy atom. The van der Waals surface area contributed by atoms with Gasteiger partial charge in [-0.1, -0.05) is 29.8 Å². The first-order valence-electron chi connectivity index (χ1n) is 5.55. The van der Waals surface area contributed by atoms with Crippen LogP contribution in [0.4, 0.5) is 0 Å². The van der Waals surface area contributed by atoms with E-state index >= 15 is 0 Å². The number of nitrogens with zero attached hydrogens (tertiary/aromatic N) is 1. The minimum atomic E-state index is 0.241. The molecule has 0 saturated heterocycles. The summed E-state index contributed by atoms with van der Waals surface area (Å²) in [5.74, 6) is 0. The first-order valence-corrected chi connectivity index (χ1v) is 6.81. The fourth-order valence-corrected chi connectivity index (χ4v) is 2.71. The van der Waals surface area contributed by atoms with E-state index in [0.29, 0.717) is 0 Å². The van der Waals surface area contributed by atoms with E-state index in [1.165, 1.54) is 4.88 Å². The van der Waals surface area contributed by atoms with Crippen molar-refractivity contribution in [2.75, 3.05) is 0 Å². The normalized spacial score (nSPS) is 12.6. The van der Waals surface area contributed by atoms with Crippen molar-refractivity contribution >= 4 is 22.9 Å². The molecular weight excluding hydrogens is 252 g/mol. The third kappa shape index (κ3) is 3.06. The van der Waals surface area contributed by atoms with E-state index in [4.69, 9.17) is 11.6 Å². The van der Waals surface area contributed by atoms with Crippen LogP contribution in [-0.4, -0.2) is 4.98 Å². The van der Waals surface area contributed by atoms with Crippen LogP contribution < -0.4 is 5.32 Å². The molecule has 1 heterocycles. The standard InChI is InChI=1S/C13H15ClN2S/c1-9(11-5-3-4-6-12(11)14)15-7-13-10(2)16-8-17-13/h3-6,8-9,15H,7H2,1-2H3/t9-/m0/s1. The molecule has 0 aliphatic heterocycles. The topological polar surface area (TPSA) is 24.9 Å². The minimum Gasteiger partial charge on any atom is -0.305 e. The smallest absolute Gasteiger partial charge is 0.0798 e. The lowest BCUT2D eigenvalue weighted by Gasteiger charge is -2.15. The lowest BCUT2D eigenvalue weighted by atomic mass is 10.1. The molecule has 17 heavy (non-hydrogen) atoms. The SMILES string of the molecule is Cc1ncsc1CN[C@@H](C)c1ccccc1Cl. The van der Waals surface area contributed by atoms with Gasteiger partial charge in [0.25, 0.3) is 0 Å². The van der Waals surface area contributed by atoms with Gasteiger partial charge in [-0.25, -0.2) is 4.98 Å². The van der Waals surface area contributed by atoms with Crippen molar-refractivity contribution in [2.45, 2.75) is 26.4 Å². The summed E-state index contributed by atoms with van der Waals surface area (Å²) in [5, 5.41) is 4.28. The van der Waals surface area contributed by atoms with Gasteiger partial charge in [-0.2, -0.15) is 0 Å². The maximum Gasteiger partial charge on any atom is 0.0798 e. The first kappa shape index (κ1) is 12.6. The van der Waals surface area contributed by atoms with Crippen molar-refractivity contribution in [1.29, 1.82) is 0 Å². The Balaban J connectivity index is 2.01. The van der Waals surface area contributed by atoms with E-state index in [-0.39, 0.29) is 6.04 Å². The second-order valence-corrected chi connectivity index (χ2v) is 5.33. The quantitative estimate of drug-likeness (QED) is 0.906. The highest BCUT2D eigenvalue weighted by atomic mass is 35.5. The van der Waals surface area contributed by atoms with Crippen molar-refractivity contribution in [3.63, 3.8) is 0 Å². The molecule has 0 fully saturated rings. The highest BCUT2D eigenvalue weighted by molar-refractivity contribution is 7.09. The molecule has 1 atom stereocenters. The number of nitrogens with one attached hydrogen (secondary N) is 1. The molecule has 0 saturated carbocycles. The number of hydrogen-bond acceptors (Lipinski definition) is 3. The van der Waals surface area contributed by atoms with Crippen molar-refractivity contribution in [2.24, 2.45) is 0 Å². The fourth-order valence-electron chi connectivity index (χ4n) is 1.68. The summed E-state index contributed by atoms with van der Waals surface area (Å²) in [6, 6.07) is 8.18. The number of halogens is 1. The summed E-state index contributed by atoms with van der Waals surface area (Å²) in [5.41, 5.74) is 4.12. The summed E-state index contributed by atoms with van der Waals surface area (Å²) in [7, 11) is 0. The molecule has 0 amide bonds. The molecule has 0 aliphatic rings. The number of aryl methyl sites for hydroxylation is 1. The van der Waals surface area contributed by atoms with Gasteiger partial charge >= 0.3 is 0 Å². The van der Waals surface area contributed by atoms with Crippen LogP contribution >= 0.6 is 22.9 Å². The molecule has 0 bridgehead atoms. The van der Waals surface area contributed by atoms with E-state index in [0.717, 1.165) is 22.8 Å². The van der Waals surface area contributed by atoms with Gasteiger partial charge in [0.2, 0.25) is 0 Å². The predicted molar refractivity (Wildman–Crippen MR) is 73.6 cm³/mol. The number of thiazole rings is 1. The van der Waals surface area contributed by atoms with E-state index in [9.17, 15) is 0 Å². The van der Waals surface area contributed by atoms with Crippen LogP contribution in [0.3, 0.4) is 0 Å². The van der Waals surface area contributed by atoms with Crippen LogP contribution in [0.25, 0.3) is 0 Å². The molecule has 0 spiro atoms. The van der Waals surface area contributed by atoms with Gasteiger partial charge < -0.3 is 5.32 Å². The number of rotatable bonds is 4. The molecule has 0 radical (unpaired) electrons. The zero-order valence-corrected chi connectivity index (χ0v) is 11.5. The molecule has 1 aromatic carbocycles. The van der Waals surface area contributed by atoms with Gasteiger partial charge in [-0.05, 0) is 25.5 Å². The Kier molecular flexibility index (Phi) is 4.15. The second kappa shape index (κ2) is 5.63. The zero-order chi connectivity index (χ0) is 12.3. The highest BCUT2D eigenvalue weighted by Gasteiger charge is 2.09. The lowest BCUT2D eigenvalue weighted by Crippen LogP contribution is -2.18. The molecule has 1 aromatic heterocycles. The largest absolute Gasteiger partial charge is 0.305 e. The van der Waals surface area contributed by atoms with Crippen LogP contribution in [-0.2, 0) is 6.54 Å². The molecular formula is C13H15ClN2S. The van der Waals surface area contributed by atoms with Crippen LogP contribution in [0.15, 0.2) is 29.8 Å². The van der Waals surface area contributed by atoms with E-state index in [1.54, 1.807) is 11.3 Å². The molecule has 90 valence electrons. The molecule has 2 aromatic rings. The van der Waals surface area contributed by atoms with Gasteiger partial charge in [0.15, 0.2) is 0 Å². The Morgan fingerprint density at radius 1 is 1.41 bits per heavy atom. The highest BCUT2D eigenvalue weighted by Crippen LogP contribution is 2.23. The molecule has 0 unspecified atom stereocenters. The fraction of sp³-hybridized carbons (Fsp3) is 0.308. The number of hydrogen-bond donors (Lipinski definition) is 1. The molecule has 2 nitrogen and oxygen atoms in total. The van der Waals surface area contributed by atoms with E-state index in [2.05, 4.69) is 23.3 Å². The van der Waals surface area contributed by atoms with Crippen LogP contribution in [0.1, 0.15) is 29.1 Å². The van der Waals surface area contributed by atoms with E-state index in [1.807, 2.05) is 30.6 Å². The predicted octanol–water partition coefficient (Wildman–Crippen LogP) is 3.96. The maximum atomic E-state index is 6.16. The van der Waals surface area contributed by atoms with Crippen LogP contribution in [0, 0.1) is 6.92 Å². The zero-order valence-electron chi connectivity index (χ0n) is 9.90. The molecule has 0 aliphatic carbocycles. The second-order valence-electron chi connectivity index (χ2n) is 3.99. The Labute approximate surface area is 111 Å². The van der Waals surface area contributed by atoms with Crippen molar-refractivity contribution < 1.29 is 0 Å². The summed E-state index contributed by atoms with van der Waals surface area (Å²) in [4.78, 5) is 5.52. The average molecular weight is 267 g/mol. The maximum absolute atomic E-state index is 6.16. The third-order valence-electron chi connectivity index (χ3n) is 2.79. The van der Waals surface area contributed by atoms with Crippen molar-refractivity contribution in [3.8, 4) is 0 Å². The van der Waals surface area contributed by atoms with E-state index < -0.39 is 0 Å². The average Bonchev–Trinajstić information content (AvgIpc) is 2.72. The molecule has 1 N–H and O–H groups in total. The Bertz CT molecular complexity index is 496. The summed E-state index contributed by atoms with van der Waals surface area (Å²) in [6.07, 6.45) is 0. The van der Waals surface area contributed by atoms with Crippen molar-refractivity contribution in [1.82, 2.24) is 10.3 Å². The first-order chi connectivity index (χ1) is 8.18. The van der Waals surface area contributed by atoms with Crippen LogP contribution in [0.2, 0.25) is 5.02 Å². The summed E-state index contributed by atoms with van der Waals surface area (Å²) < 4.78 is 0. The Morgan fingerprint density at radius 3 is 2.82 bits per heavy atom. The summed E-state index contributed by atoms with van der Waals surface area (Å²) in [6.45, 7) is 4.99. The molecule has 4 heteroatoms. The van der Waals surface area contributed by atoms with Crippen molar-refractivity contribution in [3.05, 3.63) is 50.9 Å². The van der Waals surface area contributed by atoms with Crippen LogP contribution in [0.5, 0.6) is 0 Å². The monoisotopic (exact) mass is 266 g/mol. The number of benzene rings is 1. The van der Waals surface area contributed by atoms with Gasteiger partial charge in [0, 0.05) is 22.5 Å². The number of aromatic nitrogens is 1. The molecule has 2 rings (SSSR count). The lowest BCUT2D eigenvalue weighted by molar-refractivity contribution is 0.577. The minimum absolute atomic E-state index is 0.241. The third-order valence-corrected chi connectivity index (χ3v) is 4.06. The van der Waals surface area contributed by atoms with Gasteiger partial charge in [0.05, 0.1) is 11.2 Å². The summed E-state index contributed by atoms with van der Waals surface area (Å²) >= 11 is 7.85. The van der Waals surface area contributed by atoms with Gasteiger partial charge in [-0.3, -0.25) is 0 Å². The van der Waals surface area contributed by atoms with Gasteiger partial charge in [-0.15, -0.1) is 11.3 Å². The Hall–Kier alpha value is -0.900.